The second-order valence-electron chi connectivity index (χ2n) is 8.78. The van der Waals surface area contributed by atoms with Crippen LogP contribution in [0.5, 0.6) is 0 Å². The summed E-state index contributed by atoms with van der Waals surface area (Å²) in [6.07, 6.45) is 1.50. The second kappa shape index (κ2) is 7.83. The Morgan fingerprint density at radius 2 is 1.93 bits per heavy atom. The Labute approximate surface area is 179 Å². The third kappa shape index (κ3) is 3.96. The quantitative estimate of drug-likeness (QED) is 0.691. The number of H-pyrrole nitrogens is 1. The Hall–Kier alpha value is -2.74. The number of carbonyl (C=O) groups excluding carboxylic acids is 1. The average molecular weight is 429 g/mol. The molecule has 0 bridgehead atoms. The van der Waals surface area contributed by atoms with E-state index >= 15 is 0 Å². The van der Waals surface area contributed by atoms with E-state index in [0.29, 0.717) is 36.1 Å². The molecule has 4 rings (SSSR count). The van der Waals surface area contributed by atoms with Crippen LogP contribution in [0.15, 0.2) is 29.1 Å². The fourth-order valence-electron chi connectivity index (χ4n) is 3.80. The molecule has 1 fully saturated rings. The maximum absolute atomic E-state index is 12.6. The summed E-state index contributed by atoms with van der Waals surface area (Å²) in [5.41, 5.74) is 0.847. The van der Waals surface area contributed by atoms with Crippen molar-refractivity contribution in [2.24, 2.45) is 5.41 Å². The largest absolute Gasteiger partial charge is 0.342 e. The van der Waals surface area contributed by atoms with E-state index in [-0.39, 0.29) is 22.9 Å². The minimum atomic E-state index is -0.394. The smallest absolute Gasteiger partial charge is 0.281 e. The molecule has 0 unspecified atom stereocenters. The number of hydrogen-bond acceptors (Lipinski definition) is 5. The Bertz CT molecular complexity index is 1140. The summed E-state index contributed by atoms with van der Waals surface area (Å²) in [6, 6.07) is 7.49. The topological polar surface area (TPSA) is 96.8 Å². The molecule has 1 aromatic carbocycles. The van der Waals surface area contributed by atoms with Crippen molar-refractivity contribution < 1.29 is 4.79 Å². The summed E-state index contributed by atoms with van der Waals surface area (Å²) in [5.74, 6) is 0.854. The molecule has 0 saturated carbocycles. The minimum Gasteiger partial charge on any atom is -0.342 e. The first-order valence-corrected chi connectivity index (χ1v) is 10.5. The summed E-state index contributed by atoms with van der Waals surface area (Å²) in [7, 11) is 0. The van der Waals surface area contributed by atoms with Gasteiger partial charge in [0.2, 0.25) is 5.91 Å². The fraction of sp³-hybridized carbons (Fsp3) is 0.476. The minimum absolute atomic E-state index is 0.0785. The number of nitrogens with one attached hydrogen (secondary N) is 1. The number of benzene rings is 1. The van der Waals surface area contributed by atoms with Gasteiger partial charge in [-0.25, -0.2) is 9.67 Å². The highest BCUT2D eigenvalue weighted by atomic mass is 35.5. The molecule has 9 heteroatoms. The van der Waals surface area contributed by atoms with Gasteiger partial charge in [0.25, 0.3) is 5.56 Å². The summed E-state index contributed by atoms with van der Waals surface area (Å²) in [4.78, 5) is 34.6. The molecule has 2 aromatic heterocycles. The number of carbonyl (C=O) groups is 1. The summed E-state index contributed by atoms with van der Waals surface area (Å²) >= 11 is 6.27. The fourth-order valence-corrected chi connectivity index (χ4v) is 4.00. The van der Waals surface area contributed by atoms with Crippen molar-refractivity contribution in [3.8, 4) is 0 Å². The first kappa shape index (κ1) is 20.5. The number of piperidine rings is 1. The van der Waals surface area contributed by atoms with Crippen LogP contribution in [0.2, 0.25) is 5.02 Å². The van der Waals surface area contributed by atoms with E-state index in [2.05, 4.69) is 15.3 Å². The standard InChI is InChI=1S/C21H25ClN6O2/c1-21(2,3)20(30)27-10-8-13(9-11-27)17-23-18-16(19(29)24-17)25-26-28(18)12-14-6-4-5-7-15(14)22/h4-7,13H,8-12H2,1-3H3,(H,23,24,29). The zero-order valence-electron chi connectivity index (χ0n) is 17.4. The Kier molecular flexibility index (Phi) is 5.36. The van der Waals surface area contributed by atoms with E-state index in [1.807, 2.05) is 49.9 Å². The van der Waals surface area contributed by atoms with Gasteiger partial charge in [0.05, 0.1) is 6.54 Å². The maximum Gasteiger partial charge on any atom is 0.281 e. The molecular weight excluding hydrogens is 404 g/mol. The summed E-state index contributed by atoms with van der Waals surface area (Å²) < 4.78 is 1.60. The summed E-state index contributed by atoms with van der Waals surface area (Å²) in [5, 5.41) is 8.74. The third-order valence-electron chi connectivity index (χ3n) is 5.48. The second-order valence-corrected chi connectivity index (χ2v) is 9.19. The predicted octanol–water partition coefficient (Wildman–Crippen LogP) is 2.97. The molecule has 30 heavy (non-hydrogen) atoms. The lowest BCUT2D eigenvalue weighted by Crippen LogP contribution is -2.44. The van der Waals surface area contributed by atoms with E-state index in [0.717, 1.165) is 18.4 Å². The lowest BCUT2D eigenvalue weighted by Gasteiger charge is -2.35. The number of aromatic amines is 1. The van der Waals surface area contributed by atoms with Crippen LogP contribution in [0.4, 0.5) is 0 Å². The number of aromatic nitrogens is 5. The molecule has 1 aliphatic rings. The summed E-state index contributed by atoms with van der Waals surface area (Å²) in [6.45, 7) is 7.48. The lowest BCUT2D eigenvalue weighted by atomic mass is 9.90. The molecule has 158 valence electrons. The van der Waals surface area contributed by atoms with Gasteiger partial charge in [-0.3, -0.25) is 9.59 Å². The normalized spacial score (nSPS) is 15.7. The number of likely N-dealkylation sites (tertiary alicyclic amines) is 1. The van der Waals surface area contributed by atoms with E-state index < -0.39 is 5.41 Å². The van der Waals surface area contributed by atoms with E-state index in [1.165, 1.54) is 0 Å². The van der Waals surface area contributed by atoms with Crippen molar-refractivity contribution in [1.82, 2.24) is 29.9 Å². The van der Waals surface area contributed by atoms with Crippen molar-refractivity contribution in [1.29, 1.82) is 0 Å². The van der Waals surface area contributed by atoms with Crippen molar-refractivity contribution in [2.45, 2.75) is 46.1 Å². The third-order valence-corrected chi connectivity index (χ3v) is 5.85. The van der Waals surface area contributed by atoms with Gasteiger partial charge in [0.1, 0.15) is 5.82 Å². The monoisotopic (exact) mass is 428 g/mol. The molecule has 0 atom stereocenters. The van der Waals surface area contributed by atoms with Gasteiger partial charge in [0, 0.05) is 29.4 Å². The predicted molar refractivity (Wildman–Crippen MR) is 115 cm³/mol. The number of amides is 1. The number of hydrogen-bond donors (Lipinski definition) is 1. The SMILES string of the molecule is CC(C)(C)C(=O)N1CCC(c2nc3c(nnn3Cc3ccccc3Cl)c(=O)[nH]2)CC1. The van der Waals surface area contributed by atoms with Crippen LogP contribution in [0.1, 0.15) is 50.9 Å². The van der Waals surface area contributed by atoms with Crippen LogP contribution in [-0.2, 0) is 11.3 Å². The van der Waals surface area contributed by atoms with Crippen molar-refractivity contribution in [3.05, 3.63) is 51.0 Å². The average Bonchev–Trinajstić information content (AvgIpc) is 3.12. The van der Waals surface area contributed by atoms with Crippen LogP contribution >= 0.6 is 11.6 Å². The van der Waals surface area contributed by atoms with Crippen molar-refractivity contribution >= 4 is 28.7 Å². The lowest BCUT2D eigenvalue weighted by molar-refractivity contribution is -0.140. The first-order valence-electron chi connectivity index (χ1n) is 10.1. The maximum atomic E-state index is 12.6. The highest BCUT2D eigenvalue weighted by molar-refractivity contribution is 6.31. The van der Waals surface area contributed by atoms with Crippen LogP contribution < -0.4 is 5.56 Å². The Morgan fingerprint density at radius 3 is 2.60 bits per heavy atom. The number of halogens is 1. The van der Waals surface area contributed by atoms with Crippen LogP contribution in [-0.4, -0.2) is 48.9 Å². The number of nitrogens with zero attached hydrogens (tertiary/aromatic N) is 5. The van der Waals surface area contributed by atoms with Crippen molar-refractivity contribution in [3.63, 3.8) is 0 Å². The van der Waals surface area contributed by atoms with Crippen molar-refractivity contribution in [2.75, 3.05) is 13.1 Å². The van der Waals surface area contributed by atoms with Crippen LogP contribution in [0.3, 0.4) is 0 Å². The molecule has 3 aromatic rings. The molecule has 0 radical (unpaired) electrons. The highest BCUT2D eigenvalue weighted by Gasteiger charge is 2.31. The molecule has 1 N–H and O–H groups in total. The number of fused-ring (bicyclic) bond motifs is 1. The van der Waals surface area contributed by atoms with Gasteiger partial charge in [-0.15, -0.1) is 5.10 Å². The number of rotatable bonds is 3. The van der Waals surface area contributed by atoms with E-state index in [9.17, 15) is 9.59 Å². The van der Waals surface area contributed by atoms with Gasteiger partial charge in [-0.2, -0.15) is 0 Å². The molecular formula is C21H25ClN6O2. The van der Waals surface area contributed by atoms with Gasteiger partial charge in [-0.1, -0.05) is 55.8 Å². The molecule has 0 spiro atoms. The van der Waals surface area contributed by atoms with E-state index in [1.54, 1.807) is 4.68 Å². The molecule has 1 amide bonds. The zero-order valence-corrected chi connectivity index (χ0v) is 18.1. The molecule has 3 heterocycles. The van der Waals surface area contributed by atoms with Gasteiger partial charge >= 0.3 is 0 Å². The van der Waals surface area contributed by atoms with Gasteiger partial charge in [-0.05, 0) is 24.5 Å². The molecule has 8 nitrogen and oxygen atoms in total. The first-order chi connectivity index (χ1) is 14.2. The molecule has 1 saturated heterocycles. The molecule has 0 aliphatic carbocycles. The van der Waals surface area contributed by atoms with Crippen LogP contribution in [0, 0.1) is 5.41 Å². The zero-order chi connectivity index (χ0) is 21.5. The van der Waals surface area contributed by atoms with Gasteiger partial charge in [0.15, 0.2) is 11.2 Å². The Morgan fingerprint density at radius 1 is 1.23 bits per heavy atom. The van der Waals surface area contributed by atoms with E-state index in [4.69, 9.17) is 16.6 Å². The highest BCUT2D eigenvalue weighted by Crippen LogP contribution is 2.28. The van der Waals surface area contributed by atoms with Gasteiger partial charge < -0.3 is 9.88 Å². The van der Waals surface area contributed by atoms with Crippen LogP contribution in [0.25, 0.3) is 11.2 Å². The Balaban J connectivity index is 1.58. The molecule has 1 aliphatic heterocycles.